The monoisotopic (exact) mass is 247 g/mol. The first-order valence-electron chi connectivity index (χ1n) is 5.09. The molecule has 1 saturated carbocycles. The Labute approximate surface area is 97.6 Å². The van der Waals surface area contributed by atoms with Crippen LogP contribution < -0.4 is 4.74 Å². The van der Waals surface area contributed by atoms with Crippen molar-refractivity contribution in [2.45, 2.75) is 25.7 Å². The summed E-state index contributed by atoms with van der Waals surface area (Å²) >= 11 is 5.89. The predicted molar refractivity (Wildman–Crippen MR) is 57.2 cm³/mol. The second kappa shape index (κ2) is 4.17. The fraction of sp³-hybridized carbons (Fsp3) is 0.545. The van der Waals surface area contributed by atoms with Gasteiger partial charge >= 0.3 is 0 Å². The summed E-state index contributed by atoms with van der Waals surface area (Å²) in [5.74, 6) is -2.27. The maximum atomic E-state index is 12.5. The predicted octanol–water partition coefficient (Wildman–Crippen LogP) is 3.47. The average Bonchev–Trinajstić information content (AvgIpc) is 2.13. The molecule has 0 radical (unpaired) electrons. The maximum Gasteiger partial charge on any atom is 0.248 e. The molecule has 0 N–H and O–H groups in total. The lowest BCUT2D eigenvalue weighted by atomic mass is 9.82. The first-order chi connectivity index (χ1) is 7.46. The molecule has 1 aromatic heterocycles. The lowest BCUT2D eigenvalue weighted by Crippen LogP contribution is -2.38. The number of aryl methyl sites for hydroxylation is 1. The number of pyridine rings is 1. The molecule has 1 aliphatic carbocycles. The summed E-state index contributed by atoms with van der Waals surface area (Å²) in [6, 6.07) is 1.74. The van der Waals surface area contributed by atoms with Crippen LogP contribution in [-0.4, -0.2) is 17.5 Å². The van der Waals surface area contributed by atoms with E-state index >= 15 is 0 Å². The summed E-state index contributed by atoms with van der Waals surface area (Å²) in [7, 11) is 0. The van der Waals surface area contributed by atoms with Crippen molar-refractivity contribution < 1.29 is 13.5 Å². The minimum Gasteiger partial charge on any atom is -0.476 e. The van der Waals surface area contributed by atoms with E-state index in [9.17, 15) is 8.78 Å². The van der Waals surface area contributed by atoms with E-state index in [4.69, 9.17) is 16.3 Å². The molecule has 88 valence electrons. The van der Waals surface area contributed by atoms with E-state index in [-0.39, 0.29) is 25.4 Å². The molecule has 0 aliphatic heterocycles. The molecule has 0 atom stereocenters. The second-order valence-electron chi connectivity index (χ2n) is 4.24. The lowest BCUT2D eigenvalue weighted by molar-refractivity contribution is -0.119. The van der Waals surface area contributed by atoms with Crippen LogP contribution in [0.4, 0.5) is 8.78 Å². The van der Waals surface area contributed by atoms with E-state index in [0.29, 0.717) is 10.9 Å². The van der Waals surface area contributed by atoms with Gasteiger partial charge in [-0.1, -0.05) is 11.6 Å². The molecule has 0 amide bonds. The van der Waals surface area contributed by atoms with E-state index in [1.54, 1.807) is 12.3 Å². The van der Waals surface area contributed by atoms with Gasteiger partial charge in [-0.3, -0.25) is 0 Å². The molecular weight excluding hydrogens is 236 g/mol. The summed E-state index contributed by atoms with van der Waals surface area (Å²) in [5, 5.41) is 0.422. The van der Waals surface area contributed by atoms with Crippen molar-refractivity contribution in [2.75, 3.05) is 6.61 Å². The minimum atomic E-state index is -2.50. The molecule has 1 heterocycles. The first-order valence-corrected chi connectivity index (χ1v) is 5.47. The highest BCUT2D eigenvalue weighted by Crippen LogP contribution is 2.42. The molecule has 16 heavy (non-hydrogen) atoms. The Bertz CT molecular complexity index is 390. The normalized spacial score (nSPS) is 19.2. The van der Waals surface area contributed by atoms with E-state index in [0.717, 1.165) is 5.56 Å². The Morgan fingerprint density at radius 2 is 2.25 bits per heavy atom. The van der Waals surface area contributed by atoms with Crippen molar-refractivity contribution in [3.63, 3.8) is 0 Å². The van der Waals surface area contributed by atoms with Crippen LogP contribution in [0.3, 0.4) is 0 Å². The molecule has 1 aliphatic rings. The molecule has 5 heteroatoms. The highest BCUT2D eigenvalue weighted by Gasteiger charge is 2.45. The van der Waals surface area contributed by atoms with Gasteiger partial charge in [-0.25, -0.2) is 13.8 Å². The molecule has 1 fully saturated rings. The van der Waals surface area contributed by atoms with Gasteiger partial charge in [0.15, 0.2) is 0 Å². The molecule has 2 nitrogen and oxygen atoms in total. The van der Waals surface area contributed by atoms with Crippen LogP contribution >= 0.6 is 11.6 Å². The summed E-state index contributed by atoms with van der Waals surface area (Å²) < 4.78 is 30.4. The van der Waals surface area contributed by atoms with Gasteiger partial charge in [0.2, 0.25) is 11.8 Å². The molecular formula is C11H12ClF2NO. The zero-order valence-electron chi connectivity index (χ0n) is 8.84. The van der Waals surface area contributed by atoms with Crippen molar-refractivity contribution in [1.82, 2.24) is 4.98 Å². The number of hydrogen-bond acceptors (Lipinski definition) is 2. The van der Waals surface area contributed by atoms with Gasteiger partial charge in [-0.2, -0.15) is 0 Å². The van der Waals surface area contributed by atoms with Gasteiger partial charge in [0.05, 0.1) is 6.61 Å². The number of aromatic nitrogens is 1. The summed E-state index contributed by atoms with van der Waals surface area (Å²) in [6.07, 6.45) is 1.43. The first kappa shape index (κ1) is 11.6. The zero-order valence-corrected chi connectivity index (χ0v) is 9.60. The van der Waals surface area contributed by atoms with Crippen molar-refractivity contribution in [3.05, 3.63) is 22.8 Å². The highest BCUT2D eigenvalue weighted by atomic mass is 35.5. The van der Waals surface area contributed by atoms with E-state index in [1.807, 2.05) is 6.92 Å². The van der Waals surface area contributed by atoms with Crippen LogP contribution in [0.15, 0.2) is 12.3 Å². The molecule has 0 saturated heterocycles. The van der Waals surface area contributed by atoms with E-state index < -0.39 is 5.92 Å². The third-order valence-corrected chi connectivity index (χ3v) is 2.85. The Morgan fingerprint density at radius 1 is 1.56 bits per heavy atom. The van der Waals surface area contributed by atoms with Crippen LogP contribution in [0.25, 0.3) is 0 Å². The number of nitrogens with zero attached hydrogens (tertiary/aromatic N) is 1. The van der Waals surface area contributed by atoms with Crippen LogP contribution in [0.2, 0.25) is 5.02 Å². The molecule has 0 aromatic carbocycles. The van der Waals surface area contributed by atoms with Gasteiger partial charge in [-0.05, 0) is 18.6 Å². The Hall–Kier alpha value is -0.900. The topological polar surface area (TPSA) is 22.1 Å². The molecule has 0 unspecified atom stereocenters. The van der Waals surface area contributed by atoms with Crippen LogP contribution in [0.1, 0.15) is 18.4 Å². The van der Waals surface area contributed by atoms with Gasteiger partial charge < -0.3 is 4.74 Å². The number of rotatable bonds is 3. The smallest absolute Gasteiger partial charge is 0.248 e. The van der Waals surface area contributed by atoms with Gasteiger partial charge in [0.1, 0.15) is 5.02 Å². The van der Waals surface area contributed by atoms with E-state index in [2.05, 4.69) is 4.98 Å². The maximum absolute atomic E-state index is 12.5. The third-order valence-electron chi connectivity index (χ3n) is 2.57. The highest BCUT2D eigenvalue weighted by molar-refractivity contribution is 6.31. The average molecular weight is 248 g/mol. The van der Waals surface area contributed by atoms with Crippen molar-refractivity contribution in [3.8, 4) is 5.88 Å². The molecule has 0 spiro atoms. The fourth-order valence-corrected chi connectivity index (χ4v) is 2.00. The summed E-state index contributed by atoms with van der Waals surface area (Å²) in [4.78, 5) is 4.00. The number of hydrogen-bond donors (Lipinski definition) is 0. The zero-order chi connectivity index (χ0) is 11.8. The number of ether oxygens (including phenoxy) is 1. The summed E-state index contributed by atoms with van der Waals surface area (Å²) in [6.45, 7) is 2.13. The summed E-state index contributed by atoms with van der Waals surface area (Å²) in [5.41, 5.74) is 0.938. The second-order valence-corrected chi connectivity index (χ2v) is 4.65. The Morgan fingerprint density at radius 3 is 2.81 bits per heavy atom. The van der Waals surface area contributed by atoms with Crippen molar-refractivity contribution in [1.29, 1.82) is 0 Å². The Balaban J connectivity index is 1.86. The van der Waals surface area contributed by atoms with Gasteiger partial charge in [-0.15, -0.1) is 0 Å². The third kappa shape index (κ3) is 2.61. The fourth-order valence-electron chi connectivity index (χ4n) is 1.73. The van der Waals surface area contributed by atoms with Crippen LogP contribution in [0, 0.1) is 12.8 Å². The molecule has 1 aromatic rings. The van der Waals surface area contributed by atoms with E-state index in [1.165, 1.54) is 0 Å². The standard InChI is InChI=1S/C11H12ClF2NO/c1-7-2-9(12)10(15-5-7)16-6-8-3-11(13,14)4-8/h2,5,8H,3-4,6H2,1H3. The van der Waals surface area contributed by atoms with Crippen molar-refractivity contribution >= 4 is 11.6 Å². The molecule has 2 rings (SSSR count). The van der Waals surface area contributed by atoms with Crippen molar-refractivity contribution in [2.24, 2.45) is 5.92 Å². The lowest BCUT2D eigenvalue weighted by Gasteiger charge is -2.34. The SMILES string of the molecule is Cc1cnc(OCC2CC(F)(F)C2)c(Cl)c1. The van der Waals surface area contributed by atoms with Crippen LogP contribution in [0.5, 0.6) is 5.88 Å². The molecule has 0 bridgehead atoms. The number of alkyl halides is 2. The Kier molecular flexibility index (Phi) is 3.02. The van der Waals surface area contributed by atoms with Gasteiger partial charge in [0, 0.05) is 25.0 Å². The minimum absolute atomic E-state index is 0.0887. The number of halogens is 3. The van der Waals surface area contributed by atoms with Crippen LogP contribution in [-0.2, 0) is 0 Å². The largest absolute Gasteiger partial charge is 0.476 e. The quantitative estimate of drug-likeness (QED) is 0.816. The van der Waals surface area contributed by atoms with Gasteiger partial charge in [0.25, 0.3) is 0 Å².